The molecule has 1 heterocycles. The molecule has 70 valence electrons. The molecule has 2 aliphatic rings. The Morgan fingerprint density at radius 2 is 1.93 bits per heavy atom. The van der Waals surface area contributed by atoms with E-state index < -0.39 is 9.84 Å². The van der Waals surface area contributed by atoms with Gasteiger partial charge < -0.3 is 0 Å². The van der Waals surface area contributed by atoms with Gasteiger partial charge in [0.1, 0.15) is 0 Å². The highest BCUT2D eigenvalue weighted by atomic mass is 32.2. The topological polar surface area (TPSA) is 34.1 Å². The SMILES string of the molecule is O=S1(=O)CC=C2C1=Cc1ccccc12. The minimum Gasteiger partial charge on any atom is -0.223 e. The van der Waals surface area contributed by atoms with E-state index in [1.807, 2.05) is 24.3 Å². The molecule has 1 aromatic rings. The average molecular weight is 204 g/mol. The number of hydrogen-bond acceptors (Lipinski definition) is 2. The molecule has 1 aliphatic carbocycles. The lowest BCUT2D eigenvalue weighted by atomic mass is 10.1. The van der Waals surface area contributed by atoms with Crippen molar-refractivity contribution < 1.29 is 8.42 Å². The molecule has 0 N–H and O–H groups in total. The number of rotatable bonds is 0. The van der Waals surface area contributed by atoms with Crippen molar-refractivity contribution in [3.05, 3.63) is 46.4 Å². The zero-order chi connectivity index (χ0) is 9.76. The summed E-state index contributed by atoms with van der Waals surface area (Å²) in [7, 11) is -3.02. The predicted octanol–water partition coefficient (Wildman–Crippen LogP) is 1.85. The molecule has 0 aromatic heterocycles. The van der Waals surface area contributed by atoms with Crippen LogP contribution in [0.2, 0.25) is 0 Å². The van der Waals surface area contributed by atoms with E-state index in [2.05, 4.69) is 0 Å². The van der Waals surface area contributed by atoms with Crippen molar-refractivity contribution in [1.29, 1.82) is 0 Å². The summed E-state index contributed by atoms with van der Waals surface area (Å²) in [5.41, 5.74) is 2.95. The Bertz CT molecular complexity index is 577. The summed E-state index contributed by atoms with van der Waals surface area (Å²) in [6.07, 6.45) is 3.57. The zero-order valence-corrected chi connectivity index (χ0v) is 8.21. The summed E-state index contributed by atoms with van der Waals surface area (Å²) >= 11 is 0. The molecule has 0 saturated heterocycles. The molecule has 1 aromatic carbocycles. The van der Waals surface area contributed by atoms with Crippen LogP contribution in [-0.2, 0) is 9.84 Å². The van der Waals surface area contributed by atoms with Gasteiger partial charge in [-0.25, -0.2) is 8.42 Å². The molecular formula is C11H8O2S. The van der Waals surface area contributed by atoms with E-state index in [1.165, 1.54) is 0 Å². The Morgan fingerprint density at radius 1 is 1.14 bits per heavy atom. The first kappa shape index (κ1) is 8.00. The van der Waals surface area contributed by atoms with Crippen molar-refractivity contribution in [2.45, 2.75) is 0 Å². The second kappa shape index (κ2) is 2.36. The van der Waals surface area contributed by atoms with Gasteiger partial charge in [-0.1, -0.05) is 30.3 Å². The van der Waals surface area contributed by atoms with Crippen LogP contribution in [0.5, 0.6) is 0 Å². The van der Waals surface area contributed by atoms with Crippen LogP contribution in [0.15, 0.2) is 35.2 Å². The first-order chi connectivity index (χ1) is 6.68. The Kier molecular flexibility index (Phi) is 1.35. The van der Waals surface area contributed by atoms with E-state index in [9.17, 15) is 8.42 Å². The number of allylic oxidation sites excluding steroid dienone is 1. The fourth-order valence-corrected chi connectivity index (χ4v) is 3.37. The predicted molar refractivity (Wildman–Crippen MR) is 56.2 cm³/mol. The highest BCUT2D eigenvalue weighted by Crippen LogP contribution is 2.41. The monoisotopic (exact) mass is 204 g/mol. The summed E-state index contributed by atoms with van der Waals surface area (Å²) in [4.78, 5) is 0.499. The van der Waals surface area contributed by atoms with Gasteiger partial charge in [0.25, 0.3) is 0 Å². The number of hydrogen-bond donors (Lipinski definition) is 0. The third-order valence-electron chi connectivity index (χ3n) is 2.64. The lowest BCUT2D eigenvalue weighted by Gasteiger charge is -1.97. The van der Waals surface area contributed by atoms with Gasteiger partial charge in [0, 0.05) is 0 Å². The highest BCUT2D eigenvalue weighted by Gasteiger charge is 2.32. The van der Waals surface area contributed by atoms with Gasteiger partial charge in [0.15, 0.2) is 9.84 Å². The lowest BCUT2D eigenvalue weighted by molar-refractivity contribution is 0.607. The summed E-state index contributed by atoms with van der Waals surface area (Å²) < 4.78 is 23.2. The van der Waals surface area contributed by atoms with E-state index in [4.69, 9.17) is 0 Å². The van der Waals surface area contributed by atoms with Gasteiger partial charge in [-0.05, 0) is 22.8 Å². The summed E-state index contributed by atoms with van der Waals surface area (Å²) in [6, 6.07) is 7.76. The molecule has 0 amide bonds. The van der Waals surface area contributed by atoms with E-state index in [-0.39, 0.29) is 5.75 Å². The van der Waals surface area contributed by atoms with Gasteiger partial charge in [-0.3, -0.25) is 0 Å². The fourth-order valence-electron chi connectivity index (χ4n) is 1.97. The van der Waals surface area contributed by atoms with Gasteiger partial charge in [0.2, 0.25) is 0 Å². The molecule has 0 bridgehead atoms. The van der Waals surface area contributed by atoms with Crippen LogP contribution < -0.4 is 0 Å². The average Bonchev–Trinajstić information content (AvgIpc) is 2.65. The molecular weight excluding hydrogens is 196 g/mol. The summed E-state index contributed by atoms with van der Waals surface area (Å²) in [5.74, 6) is 0.155. The minimum absolute atomic E-state index is 0.155. The maximum absolute atomic E-state index is 11.6. The molecule has 0 spiro atoms. The standard InChI is InChI=1S/C11H8O2S/c12-14(13)6-5-10-9-4-2-1-3-8(9)7-11(10)14/h1-5,7H,6H2. The van der Waals surface area contributed by atoms with Crippen LogP contribution in [0.3, 0.4) is 0 Å². The molecule has 0 atom stereocenters. The Morgan fingerprint density at radius 3 is 2.79 bits per heavy atom. The highest BCUT2D eigenvalue weighted by molar-refractivity contribution is 7.96. The van der Waals surface area contributed by atoms with Crippen LogP contribution in [0, 0.1) is 0 Å². The van der Waals surface area contributed by atoms with Gasteiger partial charge in [-0.15, -0.1) is 0 Å². The van der Waals surface area contributed by atoms with Gasteiger partial charge >= 0.3 is 0 Å². The van der Waals surface area contributed by atoms with Crippen LogP contribution >= 0.6 is 0 Å². The Hall–Kier alpha value is -1.35. The summed E-state index contributed by atoms with van der Waals surface area (Å²) in [6.45, 7) is 0. The van der Waals surface area contributed by atoms with Crippen molar-refractivity contribution in [2.24, 2.45) is 0 Å². The maximum Gasteiger partial charge on any atom is 0.182 e. The fraction of sp³-hybridized carbons (Fsp3) is 0.0909. The molecule has 0 fully saturated rings. The van der Waals surface area contributed by atoms with Crippen LogP contribution in [-0.4, -0.2) is 14.2 Å². The van der Waals surface area contributed by atoms with Crippen LogP contribution in [0.4, 0.5) is 0 Å². The van der Waals surface area contributed by atoms with Gasteiger partial charge in [-0.2, -0.15) is 0 Å². The molecule has 3 rings (SSSR count). The number of benzene rings is 1. The Labute approximate surface area is 82.5 Å². The van der Waals surface area contributed by atoms with Crippen LogP contribution in [0.25, 0.3) is 11.6 Å². The van der Waals surface area contributed by atoms with Crippen molar-refractivity contribution in [3.63, 3.8) is 0 Å². The largest absolute Gasteiger partial charge is 0.223 e. The van der Waals surface area contributed by atoms with Crippen molar-refractivity contribution in [1.82, 2.24) is 0 Å². The van der Waals surface area contributed by atoms with Gasteiger partial charge in [0.05, 0.1) is 10.7 Å². The first-order valence-corrected chi connectivity index (χ1v) is 6.08. The number of sulfone groups is 1. The quantitative estimate of drug-likeness (QED) is 0.646. The molecule has 0 saturated carbocycles. The minimum atomic E-state index is -3.02. The first-order valence-electron chi connectivity index (χ1n) is 4.43. The second-order valence-electron chi connectivity index (χ2n) is 3.50. The van der Waals surface area contributed by atoms with Crippen molar-refractivity contribution in [2.75, 3.05) is 5.75 Å². The van der Waals surface area contributed by atoms with E-state index in [0.29, 0.717) is 4.91 Å². The molecule has 14 heavy (non-hydrogen) atoms. The maximum atomic E-state index is 11.6. The lowest BCUT2D eigenvalue weighted by Crippen LogP contribution is -1.98. The van der Waals surface area contributed by atoms with Crippen molar-refractivity contribution in [3.8, 4) is 0 Å². The molecule has 3 heteroatoms. The van der Waals surface area contributed by atoms with Crippen LogP contribution in [0.1, 0.15) is 11.1 Å². The number of fused-ring (bicyclic) bond motifs is 3. The smallest absolute Gasteiger partial charge is 0.182 e. The molecule has 0 radical (unpaired) electrons. The third-order valence-corrected chi connectivity index (χ3v) is 4.26. The molecule has 1 aliphatic heterocycles. The van der Waals surface area contributed by atoms with E-state index >= 15 is 0 Å². The normalized spacial score (nSPS) is 21.1. The Balaban J connectivity index is 2.33. The molecule has 2 nitrogen and oxygen atoms in total. The molecule has 0 unspecified atom stereocenters. The van der Waals surface area contributed by atoms with E-state index in [1.54, 1.807) is 12.2 Å². The van der Waals surface area contributed by atoms with E-state index in [0.717, 1.165) is 16.7 Å². The third kappa shape index (κ3) is 0.876. The summed E-state index contributed by atoms with van der Waals surface area (Å²) in [5, 5.41) is 0. The van der Waals surface area contributed by atoms with Crippen molar-refractivity contribution >= 4 is 21.5 Å². The second-order valence-corrected chi connectivity index (χ2v) is 5.50. The zero-order valence-electron chi connectivity index (χ0n) is 7.40.